The SMILES string of the molecule is C=C1c2ccccc2C=C(CNc2ncnc(N)c2C(=N)C2=CC=C(F)CC2)N1c1ccccc1C. The average Bonchev–Trinajstić information content (AvgIpc) is 2.88. The number of aryl methyl sites for hydroxylation is 1. The minimum Gasteiger partial charge on any atom is -0.383 e. The van der Waals surface area contributed by atoms with Crippen LogP contribution >= 0.6 is 0 Å². The van der Waals surface area contributed by atoms with Gasteiger partial charge in [-0.1, -0.05) is 55.1 Å². The smallest absolute Gasteiger partial charge is 0.141 e. The minimum absolute atomic E-state index is 0.191. The van der Waals surface area contributed by atoms with Gasteiger partial charge in [0.25, 0.3) is 0 Å². The molecule has 5 rings (SSSR count). The first-order valence-electron chi connectivity index (χ1n) is 11.8. The second-order valence-electron chi connectivity index (χ2n) is 8.81. The van der Waals surface area contributed by atoms with E-state index < -0.39 is 0 Å². The van der Waals surface area contributed by atoms with E-state index in [0.29, 0.717) is 29.9 Å². The summed E-state index contributed by atoms with van der Waals surface area (Å²) in [6, 6.07) is 16.4. The predicted molar refractivity (Wildman–Crippen MR) is 145 cm³/mol. The van der Waals surface area contributed by atoms with Crippen molar-refractivity contribution in [3.8, 4) is 0 Å². The molecule has 0 fully saturated rings. The van der Waals surface area contributed by atoms with Gasteiger partial charge >= 0.3 is 0 Å². The van der Waals surface area contributed by atoms with Gasteiger partial charge in [-0.25, -0.2) is 14.4 Å². The Morgan fingerprint density at radius 1 is 1.11 bits per heavy atom. The van der Waals surface area contributed by atoms with Gasteiger partial charge in [-0.3, -0.25) is 5.41 Å². The summed E-state index contributed by atoms with van der Waals surface area (Å²) in [6.45, 7) is 6.91. The molecule has 4 N–H and O–H groups in total. The van der Waals surface area contributed by atoms with Crippen molar-refractivity contribution >= 4 is 34.8 Å². The number of benzene rings is 2. The average molecular weight is 479 g/mol. The van der Waals surface area contributed by atoms with Crippen molar-refractivity contribution in [1.82, 2.24) is 9.97 Å². The number of nitrogens with zero attached hydrogens (tertiary/aromatic N) is 3. The molecule has 0 radical (unpaired) electrons. The number of allylic oxidation sites excluding steroid dienone is 4. The molecular weight excluding hydrogens is 451 g/mol. The second-order valence-corrected chi connectivity index (χ2v) is 8.81. The molecular formula is C29H27FN6. The number of para-hydroxylation sites is 1. The first-order chi connectivity index (χ1) is 17.4. The number of hydrogen-bond donors (Lipinski definition) is 3. The lowest BCUT2D eigenvalue weighted by molar-refractivity contribution is 0.585. The molecule has 0 saturated carbocycles. The van der Waals surface area contributed by atoms with Gasteiger partial charge in [-0.2, -0.15) is 0 Å². The lowest BCUT2D eigenvalue weighted by atomic mass is 9.95. The Kier molecular flexibility index (Phi) is 6.21. The molecule has 0 spiro atoms. The van der Waals surface area contributed by atoms with Crippen LogP contribution in [0.5, 0.6) is 0 Å². The standard InChI is InChI=1S/C29H27FN6/c1-18-7-3-6-10-25(18)36-19(2)24-9-5-4-8-21(24)15-23(36)16-33-29-26(28(32)34-17-35-29)27(31)20-11-13-22(30)14-12-20/h3-11,13,15,17,31H,2,12,14,16H2,1H3,(H3,32,33,34,35). The van der Waals surface area contributed by atoms with E-state index in [2.05, 4.69) is 64.0 Å². The van der Waals surface area contributed by atoms with Crippen molar-refractivity contribution in [2.45, 2.75) is 19.8 Å². The summed E-state index contributed by atoms with van der Waals surface area (Å²) in [4.78, 5) is 10.7. The van der Waals surface area contributed by atoms with Gasteiger partial charge < -0.3 is 16.0 Å². The highest BCUT2D eigenvalue weighted by molar-refractivity contribution is 6.16. The summed E-state index contributed by atoms with van der Waals surface area (Å²) >= 11 is 0. The minimum atomic E-state index is -0.191. The van der Waals surface area contributed by atoms with E-state index in [-0.39, 0.29) is 23.8 Å². The topological polar surface area (TPSA) is 90.9 Å². The molecule has 1 aromatic heterocycles. The molecule has 36 heavy (non-hydrogen) atoms. The quantitative estimate of drug-likeness (QED) is 0.364. The van der Waals surface area contributed by atoms with Gasteiger partial charge in [-0.15, -0.1) is 0 Å². The van der Waals surface area contributed by atoms with Crippen molar-refractivity contribution in [2.24, 2.45) is 0 Å². The first kappa shape index (κ1) is 23.2. The summed E-state index contributed by atoms with van der Waals surface area (Å²) < 4.78 is 13.5. The number of nitrogen functional groups attached to an aromatic ring is 1. The van der Waals surface area contributed by atoms with E-state index in [4.69, 9.17) is 11.1 Å². The summed E-state index contributed by atoms with van der Waals surface area (Å²) in [5.74, 6) is 0.471. The zero-order valence-corrected chi connectivity index (χ0v) is 20.1. The highest BCUT2D eigenvalue weighted by Gasteiger charge is 2.25. The molecule has 0 bridgehead atoms. The van der Waals surface area contributed by atoms with E-state index in [0.717, 1.165) is 33.8 Å². The van der Waals surface area contributed by atoms with Gasteiger partial charge in [0.1, 0.15) is 23.8 Å². The van der Waals surface area contributed by atoms with E-state index in [1.165, 1.54) is 12.4 Å². The highest BCUT2D eigenvalue weighted by atomic mass is 19.1. The van der Waals surface area contributed by atoms with E-state index in [1.807, 2.05) is 24.3 Å². The van der Waals surface area contributed by atoms with Crippen LogP contribution in [0.25, 0.3) is 11.8 Å². The number of hydrogen-bond acceptors (Lipinski definition) is 6. The van der Waals surface area contributed by atoms with E-state index in [9.17, 15) is 4.39 Å². The normalized spacial score (nSPS) is 15.0. The number of nitrogens with one attached hydrogen (secondary N) is 2. The lowest BCUT2D eigenvalue weighted by Crippen LogP contribution is -2.29. The van der Waals surface area contributed by atoms with Crippen molar-refractivity contribution in [2.75, 3.05) is 22.5 Å². The fourth-order valence-corrected chi connectivity index (χ4v) is 4.60. The van der Waals surface area contributed by atoms with Gasteiger partial charge in [0, 0.05) is 29.1 Å². The van der Waals surface area contributed by atoms with Crippen LogP contribution in [0.15, 0.2) is 90.7 Å². The summed E-state index contributed by atoms with van der Waals surface area (Å²) in [7, 11) is 0. The first-order valence-corrected chi connectivity index (χ1v) is 11.8. The van der Waals surface area contributed by atoms with Gasteiger partial charge in [-0.05, 0) is 48.3 Å². The Bertz CT molecular complexity index is 1470. The molecule has 1 aliphatic carbocycles. The number of anilines is 3. The Morgan fingerprint density at radius 2 is 1.89 bits per heavy atom. The predicted octanol–water partition coefficient (Wildman–Crippen LogP) is 6.25. The number of rotatable bonds is 6. The zero-order valence-electron chi connectivity index (χ0n) is 20.1. The summed E-state index contributed by atoms with van der Waals surface area (Å²) in [5, 5.41) is 12.1. The van der Waals surface area contributed by atoms with Crippen LogP contribution in [-0.4, -0.2) is 22.2 Å². The van der Waals surface area contributed by atoms with Crippen molar-refractivity contribution in [1.29, 1.82) is 5.41 Å². The molecule has 7 heteroatoms. The van der Waals surface area contributed by atoms with Crippen molar-refractivity contribution in [3.63, 3.8) is 0 Å². The van der Waals surface area contributed by atoms with Crippen LogP contribution in [0.3, 0.4) is 0 Å². The lowest BCUT2D eigenvalue weighted by Gasteiger charge is -2.35. The molecule has 0 amide bonds. The molecule has 0 unspecified atom stereocenters. The van der Waals surface area contributed by atoms with Gasteiger partial charge in [0.2, 0.25) is 0 Å². The fraction of sp³-hybridized carbons (Fsp3) is 0.138. The maximum absolute atomic E-state index is 13.5. The molecule has 0 saturated heterocycles. The summed E-state index contributed by atoms with van der Waals surface area (Å²) in [5.41, 5.74) is 13.7. The zero-order chi connectivity index (χ0) is 25.2. The van der Waals surface area contributed by atoms with Crippen molar-refractivity contribution in [3.05, 3.63) is 113 Å². The van der Waals surface area contributed by atoms with Crippen LogP contribution in [0, 0.1) is 12.3 Å². The number of aromatic nitrogens is 2. The van der Waals surface area contributed by atoms with Crippen LogP contribution in [0.2, 0.25) is 0 Å². The molecule has 3 aromatic rings. The van der Waals surface area contributed by atoms with Gasteiger partial charge in [0.05, 0.1) is 17.8 Å². The van der Waals surface area contributed by atoms with Gasteiger partial charge in [0.15, 0.2) is 0 Å². The number of halogens is 1. The molecule has 6 nitrogen and oxygen atoms in total. The fourth-order valence-electron chi connectivity index (χ4n) is 4.60. The van der Waals surface area contributed by atoms with Crippen molar-refractivity contribution < 1.29 is 4.39 Å². The highest BCUT2D eigenvalue weighted by Crippen LogP contribution is 2.38. The third-order valence-electron chi connectivity index (χ3n) is 6.49. The van der Waals surface area contributed by atoms with Crippen LogP contribution in [-0.2, 0) is 0 Å². The number of fused-ring (bicyclic) bond motifs is 1. The Labute approximate surface area is 209 Å². The molecule has 0 atom stereocenters. The number of nitrogens with two attached hydrogens (primary N) is 1. The largest absolute Gasteiger partial charge is 0.383 e. The third-order valence-corrected chi connectivity index (χ3v) is 6.49. The molecule has 180 valence electrons. The Morgan fingerprint density at radius 3 is 2.67 bits per heavy atom. The van der Waals surface area contributed by atoms with Crippen LogP contribution in [0.4, 0.5) is 21.7 Å². The Hall–Kier alpha value is -4.52. The maximum Gasteiger partial charge on any atom is 0.141 e. The van der Waals surface area contributed by atoms with E-state index >= 15 is 0 Å². The molecule has 2 heterocycles. The molecule has 2 aromatic carbocycles. The Balaban J connectivity index is 1.51. The van der Waals surface area contributed by atoms with Crippen LogP contribution < -0.4 is 16.0 Å². The maximum atomic E-state index is 13.5. The summed E-state index contributed by atoms with van der Waals surface area (Å²) in [6.07, 6.45) is 7.24. The molecule has 2 aliphatic rings. The van der Waals surface area contributed by atoms with E-state index in [1.54, 1.807) is 6.08 Å². The van der Waals surface area contributed by atoms with Crippen LogP contribution in [0.1, 0.15) is 35.1 Å². The molecule has 1 aliphatic heterocycles. The monoisotopic (exact) mass is 478 g/mol. The third kappa shape index (κ3) is 4.31. The second kappa shape index (κ2) is 9.62.